The summed E-state index contributed by atoms with van der Waals surface area (Å²) in [4.78, 5) is 15.0. The van der Waals surface area contributed by atoms with Crippen LogP contribution < -0.4 is 5.32 Å². The normalized spacial score (nSPS) is 23.7. The predicted octanol–water partition coefficient (Wildman–Crippen LogP) is 3.55. The average Bonchev–Trinajstić information content (AvgIpc) is 3.06. The molecule has 1 aromatic carbocycles. The molecule has 2 fully saturated rings. The molecule has 3 heterocycles. The van der Waals surface area contributed by atoms with E-state index in [4.69, 9.17) is 0 Å². The number of amides is 1. The maximum Gasteiger partial charge on any atom is 0.221 e. The third-order valence-corrected chi connectivity index (χ3v) is 6.11. The van der Waals surface area contributed by atoms with Crippen LogP contribution in [0.3, 0.4) is 0 Å². The Kier molecular flexibility index (Phi) is 5.25. The number of nitrogens with one attached hydrogen (secondary N) is 1. The Morgan fingerprint density at radius 3 is 2.96 bits per heavy atom. The Bertz CT molecular complexity index is 770. The van der Waals surface area contributed by atoms with Crippen LogP contribution >= 0.6 is 0 Å². The summed E-state index contributed by atoms with van der Waals surface area (Å²) in [7, 11) is 0. The first-order valence-electron chi connectivity index (χ1n) is 9.96. The van der Waals surface area contributed by atoms with Crippen LogP contribution in [-0.4, -0.2) is 41.1 Å². The van der Waals surface area contributed by atoms with Crippen molar-refractivity contribution in [2.24, 2.45) is 5.92 Å². The van der Waals surface area contributed by atoms with E-state index < -0.39 is 0 Å². The first-order valence-corrected chi connectivity index (χ1v) is 9.96. The average molecular weight is 357 g/mol. The van der Waals surface area contributed by atoms with Crippen molar-refractivity contribution in [1.29, 1.82) is 0 Å². The van der Waals surface area contributed by atoms with Crippen molar-refractivity contribution >= 4 is 16.8 Å². The zero-order chi connectivity index (χ0) is 17.9. The zero-order valence-corrected chi connectivity index (χ0v) is 15.3. The van der Waals surface area contributed by atoms with E-state index >= 15 is 0 Å². The van der Waals surface area contributed by atoms with Crippen molar-refractivity contribution in [3.63, 3.8) is 0 Å². The molecule has 2 aliphatic rings. The van der Waals surface area contributed by atoms with Crippen LogP contribution in [0, 0.1) is 11.7 Å². The zero-order valence-electron chi connectivity index (χ0n) is 15.3. The molecule has 140 valence electrons. The van der Waals surface area contributed by atoms with Crippen LogP contribution in [0.5, 0.6) is 0 Å². The van der Waals surface area contributed by atoms with Crippen LogP contribution in [0.15, 0.2) is 30.5 Å². The van der Waals surface area contributed by atoms with Gasteiger partial charge in [-0.15, -0.1) is 0 Å². The van der Waals surface area contributed by atoms with Gasteiger partial charge in [0.2, 0.25) is 5.91 Å². The number of hydrogen-bond donors (Lipinski definition) is 1. The molecule has 1 aromatic heterocycles. The highest BCUT2D eigenvalue weighted by Gasteiger charge is 2.32. The smallest absolute Gasteiger partial charge is 0.221 e. The highest BCUT2D eigenvalue weighted by molar-refractivity contribution is 5.80. The van der Waals surface area contributed by atoms with Gasteiger partial charge in [0.1, 0.15) is 5.82 Å². The lowest BCUT2D eigenvalue weighted by atomic mass is 9.83. The van der Waals surface area contributed by atoms with Gasteiger partial charge in [-0.25, -0.2) is 4.39 Å². The summed E-state index contributed by atoms with van der Waals surface area (Å²) < 4.78 is 15.4. The van der Waals surface area contributed by atoms with Crippen molar-refractivity contribution in [2.45, 2.75) is 51.1 Å². The van der Waals surface area contributed by atoms with Gasteiger partial charge < -0.3 is 14.8 Å². The van der Waals surface area contributed by atoms with E-state index in [0.29, 0.717) is 24.9 Å². The fraction of sp³-hybridized carbons (Fsp3) is 0.571. The molecule has 5 heteroatoms. The molecular weight excluding hydrogens is 329 g/mol. The number of halogens is 1. The van der Waals surface area contributed by atoms with Gasteiger partial charge in [-0.2, -0.15) is 0 Å². The number of nitrogens with zero attached hydrogens (tertiary/aromatic N) is 2. The number of rotatable bonds is 5. The Morgan fingerprint density at radius 1 is 1.15 bits per heavy atom. The van der Waals surface area contributed by atoms with Gasteiger partial charge in [-0.1, -0.05) is 6.42 Å². The third-order valence-electron chi connectivity index (χ3n) is 6.11. The highest BCUT2D eigenvalue weighted by atomic mass is 19.1. The minimum atomic E-state index is -0.240. The molecule has 2 aromatic rings. The molecule has 1 N–H and O–H groups in total. The van der Waals surface area contributed by atoms with Crippen molar-refractivity contribution in [2.75, 3.05) is 19.6 Å². The van der Waals surface area contributed by atoms with Crippen molar-refractivity contribution < 1.29 is 9.18 Å². The van der Waals surface area contributed by atoms with Crippen LogP contribution in [0.2, 0.25) is 0 Å². The quantitative estimate of drug-likeness (QED) is 0.888. The Hall–Kier alpha value is -1.88. The Labute approximate surface area is 154 Å². The second kappa shape index (κ2) is 7.78. The predicted molar refractivity (Wildman–Crippen MR) is 101 cm³/mol. The van der Waals surface area contributed by atoms with Gasteiger partial charge in [0, 0.05) is 31.7 Å². The first-order chi connectivity index (χ1) is 12.7. The number of carbonyl (C=O) groups is 1. The van der Waals surface area contributed by atoms with Gasteiger partial charge in [0.15, 0.2) is 0 Å². The molecule has 2 aliphatic heterocycles. The van der Waals surface area contributed by atoms with E-state index in [-0.39, 0.29) is 11.7 Å². The number of fused-ring (bicyclic) bond motifs is 2. The summed E-state index contributed by atoms with van der Waals surface area (Å²) in [6, 6.07) is 7.41. The van der Waals surface area contributed by atoms with Gasteiger partial charge in [0.25, 0.3) is 0 Å². The largest absolute Gasteiger partial charge is 0.356 e. The van der Waals surface area contributed by atoms with E-state index in [1.807, 2.05) is 16.8 Å². The topological polar surface area (TPSA) is 37.3 Å². The minimum absolute atomic E-state index is 0.0937. The molecule has 2 saturated heterocycles. The SMILES string of the molecule is O=C(CCn1ccc2ccc(F)cc21)NC[C@@H]1CCCN2CCCC[C@@H]12. The second-order valence-corrected chi connectivity index (χ2v) is 7.77. The van der Waals surface area contributed by atoms with Crippen LogP contribution in [0.1, 0.15) is 38.5 Å². The van der Waals surface area contributed by atoms with Crippen LogP contribution in [0.4, 0.5) is 4.39 Å². The molecule has 0 bridgehead atoms. The van der Waals surface area contributed by atoms with E-state index in [2.05, 4.69) is 10.2 Å². The minimum Gasteiger partial charge on any atom is -0.356 e. The molecule has 0 radical (unpaired) electrons. The third kappa shape index (κ3) is 3.78. The van der Waals surface area contributed by atoms with Crippen LogP contribution in [0.25, 0.3) is 10.9 Å². The first kappa shape index (κ1) is 17.5. The summed E-state index contributed by atoms with van der Waals surface area (Å²) in [5, 5.41) is 4.16. The standard InChI is InChI=1S/C21H28FN3O/c22-18-7-6-16-8-12-25(20(16)14-18)13-9-21(26)23-15-17-4-3-11-24-10-2-1-5-19(17)24/h6-8,12,14,17,19H,1-5,9-11,13,15H2,(H,23,26)/t17-,19-/m0/s1. The molecule has 0 spiro atoms. The van der Waals surface area contributed by atoms with Gasteiger partial charge in [-0.05, 0) is 74.3 Å². The number of aromatic nitrogens is 1. The fourth-order valence-corrected chi connectivity index (χ4v) is 4.72. The summed E-state index contributed by atoms with van der Waals surface area (Å²) in [5.41, 5.74) is 0.850. The molecular formula is C21H28FN3O. The molecule has 4 rings (SSSR count). The number of benzene rings is 1. The Morgan fingerprint density at radius 2 is 2.04 bits per heavy atom. The van der Waals surface area contributed by atoms with Gasteiger partial charge in [-0.3, -0.25) is 4.79 Å². The fourth-order valence-electron chi connectivity index (χ4n) is 4.72. The van der Waals surface area contributed by atoms with E-state index in [1.54, 1.807) is 6.07 Å². The number of piperidine rings is 2. The van der Waals surface area contributed by atoms with Crippen LogP contribution in [-0.2, 0) is 11.3 Å². The Balaban J connectivity index is 1.29. The maximum atomic E-state index is 13.5. The number of carbonyl (C=O) groups excluding carboxylic acids is 1. The highest BCUT2D eigenvalue weighted by Crippen LogP contribution is 2.30. The van der Waals surface area contributed by atoms with Gasteiger partial charge >= 0.3 is 0 Å². The van der Waals surface area contributed by atoms with E-state index in [1.165, 1.54) is 57.3 Å². The molecule has 2 atom stereocenters. The maximum absolute atomic E-state index is 13.5. The van der Waals surface area contributed by atoms with E-state index in [0.717, 1.165) is 17.4 Å². The van der Waals surface area contributed by atoms with Crippen molar-refractivity contribution in [1.82, 2.24) is 14.8 Å². The molecule has 0 aliphatic carbocycles. The molecule has 26 heavy (non-hydrogen) atoms. The lowest BCUT2D eigenvalue weighted by Gasteiger charge is -2.44. The lowest BCUT2D eigenvalue weighted by Crippen LogP contribution is -2.51. The monoisotopic (exact) mass is 357 g/mol. The summed E-state index contributed by atoms with van der Waals surface area (Å²) in [6.45, 7) is 3.83. The van der Waals surface area contributed by atoms with Crippen molar-refractivity contribution in [3.05, 3.63) is 36.3 Å². The van der Waals surface area contributed by atoms with Gasteiger partial charge in [0.05, 0.1) is 5.52 Å². The second-order valence-electron chi connectivity index (χ2n) is 7.77. The summed E-state index contributed by atoms with van der Waals surface area (Å²) in [5.74, 6) is 0.446. The number of aryl methyl sites for hydroxylation is 1. The number of hydrogen-bond acceptors (Lipinski definition) is 2. The van der Waals surface area contributed by atoms with Crippen molar-refractivity contribution in [3.8, 4) is 0 Å². The summed E-state index contributed by atoms with van der Waals surface area (Å²) in [6.07, 6.45) is 8.76. The molecule has 0 unspecified atom stereocenters. The van der Waals surface area contributed by atoms with E-state index in [9.17, 15) is 9.18 Å². The molecule has 1 amide bonds. The summed E-state index contributed by atoms with van der Waals surface area (Å²) >= 11 is 0. The molecule has 0 saturated carbocycles. The molecule has 4 nitrogen and oxygen atoms in total. The lowest BCUT2D eigenvalue weighted by molar-refractivity contribution is -0.121.